The molecule has 0 saturated heterocycles. The topological polar surface area (TPSA) is 97.5 Å². The Bertz CT molecular complexity index is 257. The normalized spacial score (nSPS) is 9.91. The predicted molar refractivity (Wildman–Crippen MR) is 40.5 cm³/mol. The Morgan fingerprint density at radius 2 is 1.91 bits per heavy atom. The first kappa shape index (κ1) is 13.7. The molecule has 0 aliphatic heterocycles. The van der Waals surface area contributed by atoms with Crippen LogP contribution in [0.15, 0.2) is 12.2 Å². The third-order valence-electron chi connectivity index (χ3n) is 0.705. The minimum atomic E-state index is -4.17. The molecule has 0 bridgehead atoms. The average Bonchev–Trinajstić information content (AvgIpc) is 1.60. The van der Waals surface area contributed by atoms with Gasteiger partial charge in [0.2, 0.25) is 5.91 Å². The van der Waals surface area contributed by atoms with Crippen LogP contribution in [0.3, 0.4) is 0 Å². The van der Waals surface area contributed by atoms with E-state index in [0.29, 0.717) is 0 Å². The van der Waals surface area contributed by atoms with E-state index >= 15 is 0 Å². The fourth-order valence-electron chi connectivity index (χ4n) is 0.291. The largest absolute Gasteiger partial charge is 0.366 e. The molecule has 0 rings (SSSR count). The molecule has 0 aromatic carbocycles. The third-order valence-corrected chi connectivity index (χ3v) is 1.42. The monoisotopic (exact) mass is 188 g/mol. The van der Waals surface area contributed by atoms with Gasteiger partial charge in [-0.25, -0.2) is 0 Å². The molecule has 0 aliphatic carbocycles. The summed E-state index contributed by atoms with van der Waals surface area (Å²) in [5, 5.41) is 0. The van der Waals surface area contributed by atoms with E-state index in [9.17, 15) is 13.2 Å². The Labute approximate surface area is 86.7 Å². The minimum absolute atomic E-state index is 0. The van der Waals surface area contributed by atoms with Gasteiger partial charge in [0.25, 0.3) is 10.1 Å². The molecule has 0 saturated carbocycles. The summed E-state index contributed by atoms with van der Waals surface area (Å²) in [6, 6.07) is 0. The molecule has 11 heavy (non-hydrogen) atoms. The van der Waals surface area contributed by atoms with Crippen molar-refractivity contribution in [3.8, 4) is 0 Å². The zero-order valence-electron chi connectivity index (χ0n) is 6.07. The molecule has 1 amide bonds. The fourth-order valence-corrected chi connectivity index (χ4v) is 0.874. The quantitative estimate of drug-likeness (QED) is 0.321. The van der Waals surface area contributed by atoms with E-state index in [-0.39, 0.29) is 35.1 Å². The van der Waals surface area contributed by atoms with Crippen molar-refractivity contribution in [2.45, 2.75) is 0 Å². The molecule has 3 N–H and O–H groups in total. The van der Waals surface area contributed by atoms with Crippen LogP contribution in [0.1, 0.15) is 0 Å². The van der Waals surface area contributed by atoms with Crippen LogP contribution in [-0.4, -0.2) is 54.2 Å². The molecule has 59 valence electrons. The van der Waals surface area contributed by atoms with Gasteiger partial charge in [-0.2, -0.15) is 8.42 Å². The number of hydrogen-bond acceptors (Lipinski definition) is 3. The Morgan fingerprint density at radius 1 is 1.55 bits per heavy atom. The van der Waals surface area contributed by atoms with Crippen molar-refractivity contribution in [3.05, 3.63) is 12.2 Å². The predicted octanol–water partition coefficient (Wildman–Crippen LogP) is -1.47. The van der Waals surface area contributed by atoms with Gasteiger partial charge < -0.3 is 5.73 Å². The molecule has 0 spiro atoms. The number of carbonyl (C=O) groups excluding carboxylic acids is 1. The van der Waals surface area contributed by atoms with Crippen molar-refractivity contribution in [2.24, 2.45) is 5.73 Å². The first-order valence-electron chi connectivity index (χ1n) is 2.25. The maximum absolute atomic E-state index is 10.1. The molecule has 0 atom stereocenters. The van der Waals surface area contributed by atoms with Crippen LogP contribution in [0.2, 0.25) is 0 Å². The average molecular weight is 188 g/mol. The van der Waals surface area contributed by atoms with Crippen LogP contribution in [0, 0.1) is 0 Å². The minimum Gasteiger partial charge on any atom is -0.366 e. The Balaban J connectivity index is 0. The summed E-state index contributed by atoms with van der Waals surface area (Å²) in [7, 11) is -4.17. The molecule has 0 aliphatic rings. The smallest absolute Gasteiger partial charge is 0.269 e. The summed E-state index contributed by atoms with van der Waals surface area (Å²) < 4.78 is 28.2. The number of hydrogen-bond donors (Lipinski definition) is 2. The summed E-state index contributed by atoms with van der Waals surface area (Å²) in [5.74, 6) is -1.74. The van der Waals surface area contributed by atoms with E-state index in [0.717, 1.165) is 0 Å². The van der Waals surface area contributed by atoms with Gasteiger partial charge >= 0.3 is 0 Å². The molecule has 5 nitrogen and oxygen atoms in total. The van der Waals surface area contributed by atoms with Crippen LogP contribution >= 0.6 is 0 Å². The maximum Gasteiger partial charge on any atom is 0.269 e. The van der Waals surface area contributed by atoms with Crippen molar-refractivity contribution in [3.63, 3.8) is 0 Å². The number of rotatable bonds is 3. The third kappa shape index (κ3) is 8.02. The van der Waals surface area contributed by atoms with Gasteiger partial charge in [-0.1, -0.05) is 6.58 Å². The molecule has 0 heterocycles. The van der Waals surface area contributed by atoms with E-state index < -0.39 is 21.8 Å². The number of primary amides is 1. The first-order valence-corrected chi connectivity index (χ1v) is 3.86. The summed E-state index contributed by atoms with van der Waals surface area (Å²) in [4.78, 5) is 10.1. The Hall–Kier alpha value is 0.120. The zero-order valence-corrected chi connectivity index (χ0v) is 8.89. The summed E-state index contributed by atoms with van der Waals surface area (Å²) in [6.45, 7) is 3.03. The van der Waals surface area contributed by atoms with Gasteiger partial charge in [-0.3, -0.25) is 9.35 Å². The van der Waals surface area contributed by atoms with Crippen molar-refractivity contribution < 1.29 is 17.8 Å². The van der Waals surface area contributed by atoms with Gasteiger partial charge in [-0.05, 0) is 0 Å². The second kappa shape index (κ2) is 4.89. The van der Waals surface area contributed by atoms with E-state index in [4.69, 9.17) is 4.55 Å². The zero-order chi connectivity index (χ0) is 8.36. The maximum atomic E-state index is 10.1. The molecule has 0 fully saturated rings. The first-order chi connectivity index (χ1) is 4.33. The Morgan fingerprint density at radius 3 is 2.00 bits per heavy atom. The second-order valence-corrected chi connectivity index (χ2v) is 3.15. The standard InChI is InChI=1S/C4H7NO4S.Na/c1-3(4(5)6)2-10(7,8)9;/h1-2H2,(H2,5,6)(H,7,8,9);. The van der Waals surface area contributed by atoms with Gasteiger partial charge in [0.1, 0.15) is 5.75 Å². The van der Waals surface area contributed by atoms with Crippen LogP contribution in [0.25, 0.3) is 0 Å². The van der Waals surface area contributed by atoms with E-state index in [1.807, 2.05) is 0 Å². The van der Waals surface area contributed by atoms with E-state index in [1.54, 1.807) is 0 Å². The van der Waals surface area contributed by atoms with Gasteiger partial charge in [-0.15, -0.1) is 0 Å². The summed E-state index contributed by atoms with van der Waals surface area (Å²) >= 11 is 0. The second-order valence-electron chi connectivity index (χ2n) is 1.69. The molecule has 0 unspecified atom stereocenters. The van der Waals surface area contributed by atoms with Crippen LogP contribution in [0.5, 0.6) is 0 Å². The molecular weight excluding hydrogens is 181 g/mol. The number of nitrogens with two attached hydrogens (primary N) is 1. The number of amides is 1. The van der Waals surface area contributed by atoms with Crippen LogP contribution < -0.4 is 5.73 Å². The van der Waals surface area contributed by atoms with Crippen molar-refractivity contribution >= 4 is 45.6 Å². The molecule has 7 heteroatoms. The Kier molecular flexibility index (Phi) is 6.09. The van der Waals surface area contributed by atoms with Gasteiger partial charge in [0.05, 0.1) is 0 Å². The van der Waals surface area contributed by atoms with Crippen molar-refractivity contribution in [2.75, 3.05) is 5.75 Å². The molecular formula is C4H7NNaO4S. The summed E-state index contributed by atoms with van der Waals surface area (Å²) in [6.07, 6.45) is 0. The van der Waals surface area contributed by atoms with Gasteiger partial charge in [0, 0.05) is 35.1 Å². The molecule has 0 aromatic rings. The molecule has 0 aromatic heterocycles. The van der Waals surface area contributed by atoms with Crippen molar-refractivity contribution in [1.82, 2.24) is 0 Å². The molecule has 1 radical (unpaired) electrons. The van der Waals surface area contributed by atoms with Crippen molar-refractivity contribution in [1.29, 1.82) is 0 Å². The summed E-state index contributed by atoms with van der Waals surface area (Å²) in [5.41, 5.74) is 4.30. The van der Waals surface area contributed by atoms with Crippen LogP contribution in [-0.2, 0) is 14.9 Å². The van der Waals surface area contributed by atoms with Crippen LogP contribution in [0.4, 0.5) is 0 Å². The van der Waals surface area contributed by atoms with E-state index in [2.05, 4.69) is 12.3 Å². The van der Waals surface area contributed by atoms with E-state index in [1.165, 1.54) is 0 Å². The van der Waals surface area contributed by atoms with Gasteiger partial charge in [0.15, 0.2) is 0 Å². The SMILES string of the molecule is C=C(CS(=O)(=O)O)C(N)=O.[Na]. The fraction of sp³-hybridized carbons (Fsp3) is 0.250. The number of carbonyl (C=O) groups is 1.